The van der Waals surface area contributed by atoms with E-state index in [0.29, 0.717) is 22.8 Å². The van der Waals surface area contributed by atoms with Gasteiger partial charge in [-0.2, -0.15) is 0 Å². The highest BCUT2D eigenvalue weighted by atomic mass is 35.5. The maximum absolute atomic E-state index is 12.1. The molecule has 5 nitrogen and oxygen atoms in total. The zero-order valence-corrected chi connectivity index (χ0v) is 13.5. The smallest absolute Gasteiger partial charge is 0.319 e. The van der Waals surface area contributed by atoms with Crippen molar-refractivity contribution in [3.8, 4) is 0 Å². The summed E-state index contributed by atoms with van der Waals surface area (Å²) in [7, 11) is 0. The molecule has 1 aromatic rings. The molecule has 1 aliphatic carbocycles. The maximum atomic E-state index is 12.1. The normalized spacial score (nSPS) is 13.5. The summed E-state index contributed by atoms with van der Waals surface area (Å²) in [5.74, 6) is -0.195. The molecule has 3 amide bonds. The van der Waals surface area contributed by atoms with Gasteiger partial charge in [-0.15, -0.1) is 0 Å². The molecule has 1 aliphatic rings. The fraction of sp³-hybridized carbons (Fsp3) is 0.500. The summed E-state index contributed by atoms with van der Waals surface area (Å²) in [6.45, 7) is 2.75. The van der Waals surface area contributed by atoms with Gasteiger partial charge in [0, 0.05) is 18.3 Å². The van der Waals surface area contributed by atoms with E-state index in [4.69, 9.17) is 11.6 Å². The van der Waals surface area contributed by atoms with Crippen molar-refractivity contribution in [3.05, 3.63) is 28.8 Å². The van der Waals surface area contributed by atoms with E-state index in [2.05, 4.69) is 22.9 Å². The molecule has 22 heavy (non-hydrogen) atoms. The number of unbranched alkanes of at least 4 members (excludes halogenated alkanes) is 2. The fourth-order valence-electron chi connectivity index (χ4n) is 2.02. The third-order valence-electron chi connectivity index (χ3n) is 3.45. The summed E-state index contributed by atoms with van der Waals surface area (Å²) in [4.78, 5) is 23.8. The second kappa shape index (κ2) is 8.03. The predicted molar refractivity (Wildman–Crippen MR) is 88.5 cm³/mol. The Kier molecular flexibility index (Phi) is 6.07. The average molecular weight is 324 g/mol. The Morgan fingerprint density at radius 1 is 1.27 bits per heavy atom. The molecule has 0 saturated heterocycles. The summed E-state index contributed by atoms with van der Waals surface area (Å²) in [5.41, 5.74) is 0.940. The minimum Gasteiger partial charge on any atom is -0.349 e. The van der Waals surface area contributed by atoms with Crippen LogP contribution >= 0.6 is 11.6 Å². The van der Waals surface area contributed by atoms with E-state index < -0.39 is 0 Å². The van der Waals surface area contributed by atoms with Crippen LogP contribution in [0.5, 0.6) is 0 Å². The van der Waals surface area contributed by atoms with Gasteiger partial charge in [0.25, 0.3) is 5.91 Å². The molecule has 0 aromatic heterocycles. The van der Waals surface area contributed by atoms with Crippen LogP contribution in [0.15, 0.2) is 18.2 Å². The summed E-state index contributed by atoms with van der Waals surface area (Å²) in [6.07, 6.45) is 5.19. The summed E-state index contributed by atoms with van der Waals surface area (Å²) < 4.78 is 0. The Morgan fingerprint density at radius 3 is 2.73 bits per heavy atom. The quantitative estimate of drug-likeness (QED) is 0.672. The van der Waals surface area contributed by atoms with Crippen molar-refractivity contribution >= 4 is 29.2 Å². The number of urea groups is 1. The molecule has 1 fully saturated rings. The van der Waals surface area contributed by atoms with Crippen molar-refractivity contribution in [2.75, 3.05) is 11.9 Å². The molecule has 1 saturated carbocycles. The van der Waals surface area contributed by atoms with E-state index in [1.807, 2.05) is 0 Å². The number of halogens is 1. The Balaban J connectivity index is 1.90. The maximum Gasteiger partial charge on any atom is 0.319 e. The topological polar surface area (TPSA) is 70.2 Å². The molecular formula is C16H22ClN3O2. The highest BCUT2D eigenvalue weighted by Crippen LogP contribution is 2.23. The lowest BCUT2D eigenvalue weighted by molar-refractivity contribution is 0.0951. The number of hydrogen-bond donors (Lipinski definition) is 3. The monoisotopic (exact) mass is 323 g/mol. The minimum atomic E-state index is -0.271. The molecule has 0 unspecified atom stereocenters. The first-order valence-corrected chi connectivity index (χ1v) is 8.13. The molecule has 0 aliphatic heterocycles. The van der Waals surface area contributed by atoms with Gasteiger partial charge in [-0.1, -0.05) is 31.4 Å². The van der Waals surface area contributed by atoms with Crippen LogP contribution in [0.1, 0.15) is 49.4 Å². The molecule has 120 valence electrons. The summed E-state index contributed by atoms with van der Waals surface area (Å²) in [5, 5.41) is 8.78. The number of anilines is 1. The minimum absolute atomic E-state index is 0.195. The van der Waals surface area contributed by atoms with Gasteiger partial charge in [0.05, 0.1) is 10.6 Å². The molecular weight excluding hydrogens is 302 g/mol. The lowest BCUT2D eigenvalue weighted by atomic mass is 10.2. The number of benzene rings is 1. The van der Waals surface area contributed by atoms with Crippen molar-refractivity contribution in [1.82, 2.24) is 10.6 Å². The second-order valence-electron chi connectivity index (χ2n) is 5.53. The number of rotatable bonds is 7. The van der Waals surface area contributed by atoms with Crippen molar-refractivity contribution < 1.29 is 9.59 Å². The zero-order valence-electron chi connectivity index (χ0n) is 12.7. The Bertz CT molecular complexity index is 544. The summed E-state index contributed by atoms with van der Waals surface area (Å²) in [6, 6.07) is 4.90. The molecule has 0 radical (unpaired) electrons. The van der Waals surface area contributed by atoms with Crippen LogP contribution in [-0.2, 0) is 0 Å². The molecule has 0 bridgehead atoms. The molecule has 6 heteroatoms. The lowest BCUT2D eigenvalue weighted by Crippen LogP contribution is -2.30. The van der Waals surface area contributed by atoms with Gasteiger partial charge in [-0.05, 0) is 37.5 Å². The number of carbonyl (C=O) groups excluding carboxylic acids is 2. The Hall–Kier alpha value is -1.75. The van der Waals surface area contributed by atoms with Crippen molar-refractivity contribution in [1.29, 1.82) is 0 Å². The first kappa shape index (κ1) is 16.6. The van der Waals surface area contributed by atoms with E-state index >= 15 is 0 Å². The van der Waals surface area contributed by atoms with E-state index in [1.54, 1.807) is 18.2 Å². The highest BCUT2D eigenvalue weighted by Gasteiger charge is 2.24. The van der Waals surface area contributed by atoms with Crippen molar-refractivity contribution in [3.63, 3.8) is 0 Å². The van der Waals surface area contributed by atoms with Crippen LogP contribution in [0.2, 0.25) is 5.02 Å². The average Bonchev–Trinajstić information content (AvgIpc) is 3.29. The Labute approximate surface area is 135 Å². The van der Waals surface area contributed by atoms with E-state index in [0.717, 1.165) is 32.1 Å². The summed E-state index contributed by atoms with van der Waals surface area (Å²) >= 11 is 6.06. The van der Waals surface area contributed by atoms with Gasteiger partial charge < -0.3 is 16.0 Å². The van der Waals surface area contributed by atoms with Crippen molar-refractivity contribution in [2.24, 2.45) is 0 Å². The third-order valence-corrected chi connectivity index (χ3v) is 3.78. The molecule has 0 heterocycles. The van der Waals surface area contributed by atoms with Crippen LogP contribution in [0, 0.1) is 0 Å². The van der Waals surface area contributed by atoms with Crippen LogP contribution < -0.4 is 16.0 Å². The van der Waals surface area contributed by atoms with Crippen molar-refractivity contribution in [2.45, 2.75) is 45.1 Å². The largest absolute Gasteiger partial charge is 0.349 e. The molecule has 3 N–H and O–H groups in total. The number of hydrogen-bond acceptors (Lipinski definition) is 2. The fourth-order valence-corrected chi connectivity index (χ4v) is 2.22. The number of nitrogens with one attached hydrogen (secondary N) is 3. The van der Waals surface area contributed by atoms with Gasteiger partial charge in [-0.3, -0.25) is 4.79 Å². The van der Waals surface area contributed by atoms with Gasteiger partial charge in [0.15, 0.2) is 0 Å². The van der Waals surface area contributed by atoms with Crippen LogP contribution in [0.4, 0.5) is 10.5 Å². The lowest BCUT2D eigenvalue weighted by Gasteiger charge is -2.10. The number of carbonyl (C=O) groups is 2. The predicted octanol–water partition coefficient (Wildman–Crippen LogP) is 3.54. The van der Waals surface area contributed by atoms with Crippen LogP contribution in [0.25, 0.3) is 0 Å². The first-order valence-electron chi connectivity index (χ1n) is 7.75. The van der Waals surface area contributed by atoms with E-state index in [-0.39, 0.29) is 18.0 Å². The molecule has 1 aromatic carbocycles. The Morgan fingerprint density at radius 2 is 2.05 bits per heavy atom. The van der Waals surface area contributed by atoms with E-state index in [1.165, 1.54) is 0 Å². The first-order chi connectivity index (χ1) is 10.6. The molecule has 0 spiro atoms. The van der Waals surface area contributed by atoms with Crippen LogP contribution in [-0.4, -0.2) is 24.5 Å². The third kappa shape index (κ3) is 5.22. The number of amides is 3. The van der Waals surface area contributed by atoms with E-state index in [9.17, 15) is 9.59 Å². The second-order valence-corrected chi connectivity index (χ2v) is 5.94. The molecule has 2 rings (SSSR count). The highest BCUT2D eigenvalue weighted by molar-refractivity contribution is 6.34. The van der Waals surface area contributed by atoms with Gasteiger partial charge in [0.1, 0.15) is 0 Å². The van der Waals surface area contributed by atoms with Gasteiger partial charge in [0.2, 0.25) is 0 Å². The van der Waals surface area contributed by atoms with Gasteiger partial charge >= 0.3 is 6.03 Å². The van der Waals surface area contributed by atoms with Gasteiger partial charge in [-0.25, -0.2) is 4.79 Å². The molecule has 0 atom stereocenters. The standard InChI is InChI=1S/C16H22ClN3O2/c1-2-3-4-9-18-16(22)20-12-7-8-14(17)13(10-12)15(21)19-11-5-6-11/h7-8,10-11H,2-6,9H2,1H3,(H,19,21)(H2,18,20,22). The SMILES string of the molecule is CCCCCNC(=O)Nc1ccc(Cl)c(C(=O)NC2CC2)c1. The van der Waals surface area contributed by atoms with Crippen LogP contribution in [0.3, 0.4) is 0 Å². The zero-order chi connectivity index (χ0) is 15.9.